The zero-order chi connectivity index (χ0) is 10.7. The quantitative estimate of drug-likeness (QED) is 0.761. The second-order valence-corrected chi connectivity index (χ2v) is 3.89. The number of amides is 2. The van der Waals surface area contributed by atoms with Crippen molar-refractivity contribution in [2.75, 3.05) is 0 Å². The summed E-state index contributed by atoms with van der Waals surface area (Å²) in [6.07, 6.45) is 0. The molecule has 0 saturated heterocycles. The molecule has 15 heavy (non-hydrogen) atoms. The predicted octanol–water partition coefficient (Wildman–Crippen LogP) is 2.52. The SMILES string of the molecule is NC(=O)NSc1cccc2ccccc12. The van der Waals surface area contributed by atoms with Gasteiger partial charge in [0.1, 0.15) is 0 Å². The summed E-state index contributed by atoms with van der Waals surface area (Å²) in [6, 6.07) is 13.4. The molecule has 2 aromatic carbocycles. The highest BCUT2D eigenvalue weighted by Crippen LogP contribution is 2.25. The topological polar surface area (TPSA) is 55.1 Å². The van der Waals surface area contributed by atoms with Crippen LogP contribution in [0.25, 0.3) is 10.8 Å². The van der Waals surface area contributed by atoms with Crippen LogP contribution in [-0.2, 0) is 0 Å². The van der Waals surface area contributed by atoms with E-state index in [2.05, 4.69) is 4.72 Å². The Morgan fingerprint density at radius 1 is 1.13 bits per heavy atom. The van der Waals surface area contributed by atoms with Crippen LogP contribution >= 0.6 is 11.9 Å². The Bertz CT molecular complexity index is 493. The van der Waals surface area contributed by atoms with Gasteiger partial charge in [-0.2, -0.15) is 0 Å². The van der Waals surface area contributed by atoms with Crippen LogP contribution in [0.3, 0.4) is 0 Å². The van der Waals surface area contributed by atoms with Crippen molar-refractivity contribution in [3.63, 3.8) is 0 Å². The highest BCUT2D eigenvalue weighted by Gasteiger charge is 2.01. The number of fused-ring (bicyclic) bond motifs is 1. The van der Waals surface area contributed by atoms with Crippen molar-refractivity contribution in [1.29, 1.82) is 0 Å². The molecule has 0 heterocycles. The fourth-order valence-corrected chi connectivity index (χ4v) is 2.04. The molecule has 2 amide bonds. The van der Waals surface area contributed by atoms with Crippen LogP contribution in [0.1, 0.15) is 0 Å². The normalized spacial score (nSPS) is 10.1. The average molecular weight is 218 g/mol. The van der Waals surface area contributed by atoms with Gasteiger partial charge >= 0.3 is 6.03 Å². The van der Waals surface area contributed by atoms with Gasteiger partial charge in [0.15, 0.2) is 0 Å². The van der Waals surface area contributed by atoms with Gasteiger partial charge in [-0.1, -0.05) is 36.4 Å². The monoisotopic (exact) mass is 218 g/mol. The molecule has 0 bridgehead atoms. The van der Waals surface area contributed by atoms with E-state index in [1.807, 2.05) is 42.5 Å². The Hall–Kier alpha value is -1.68. The van der Waals surface area contributed by atoms with E-state index < -0.39 is 6.03 Å². The molecule has 0 aromatic heterocycles. The standard InChI is InChI=1S/C11H10N2OS/c12-11(14)13-15-10-7-3-5-8-4-1-2-6-9(8)10/h1-7H,(H3,12,13,14). The summed E-state index contributed by atoms with van der Waals surface area (Å²) < 4.78 is 2.51. The molecule has 4 heteroatoms. The first kappa shape index (κ1) is 9.86. The van der Waals surface area contributed by atoms with Crippen LogP contribution in [0.2, 0.25) is 0 Å². The number of rotatable bonds is 2. The van der Waals surface area contributed by atoms with E-state index in [-0.39, 0.29) is 0 Å². The van der Waals surface area contributed by atoms with Gasteiger partial charge in [-0.25, -0.2) is 4.79 Å². The van der Waals surface area contributed by atoms with Crippen molar-refractivity contribution in [3.05, 3.63) is 42.5 Å². The molecule has 0 aliphatic carbocycles. The minimum atomic E-state index is -0.534. The van der Waals surface area contributed by atoms with Gasteiger partial charge in [0, 0.05) is 4.90 Å². The molecule has 0 unspecified atom stereocenters. The number of benzene rings is 2. The molecule has 3 nitrogen and oxygen atoms in total. The summed E-state index contributed by atoms with van der Waals surface area (Å²) in [6.45, 7) is 0. The molecule has 0 saturated carbocycles. The lowest BCUT2D eigenvalue weighted by Crippen LogP contribution is -2.22. The first-order valence-corrected chi connectivity index (χ1v) is 5.29. The second-order valence-electron chi connectivity index (χ2n) is 3.05. The summed E-state index contributed by atoms with van der Waals surface area (Å²) in [5.74, 6) is 0. The zero-order valence-electron chi connectivity index (χ0n) is 7.94. The Balaban J connectivity index is 2.38. The van der Waals surface area contributed by atoms with Crippen LogP contribution in [0, 0.1) is 0 Å². The molecule has 2 rings (SSSR count). The van der Waals surface area contributed by atoms with Crippen LogP contribution in [0.4, 0.5) is 4.79 Å². The number of carbonyl (C=O) groups is 1. The Morgan fingerprint density at radius 2 is 1.87 bits per heavy atom. The molecular formula is C11H10N2OS. The summed E-state index contributed by atoms with van der Waals surface area (Å²) in [5.41, 5.74) is 5.01. The minimum Gasteiger partial charge on any atom is -0.351 e. The fraction of sp³-hybridized carbons (Fsp3) is 0. The van der Waals surface area contributed by atoms with E-state index in [0.29, 0.717) is 0 Å². The lowest BCUT2D eigenvalue weighted by Gasteiger charge is -2.05. The Kier molecular flexibility index (Phi) is 2.78. The first-order chi connectivity index (χ1) is 7.27. The third kappa shape index (κ3) is 2.22. The lowest BCUT2D eigenvalue weighted by molar-refractivity contribution is 0.254. The fourth-order valence-electron chi connectivity index (χ4n) is 1.39. The van der Waals surface area contributed by atoms with E-state index in [1.165, 1.54) is 11.9 Å². The van der Waals surface area contributed by atoms with Gasteiger partial charge in [-0.15, -0.1) is 0 Å². The minimum absolute atomic E-state index is 0.534. The van der Waals surface area contributed by atoms with Crippen molar-refractivity contribution in [2.45, 2.75) is 4.90 Å². The van der Waals surface area contributed by atoms with Gasteiger partial charge in [-0.05, 0) is 28.8 Å². The summed E-state index contributed by atoms with van der Waals surface area (Å²) in [5, 5.41) is 2.26. The maximum absolute atomic E-state index is 10.6. The highest BCUT2D eigenvalue weighted by atomic mass is 32.2. The number of hydrogen-bond donors (Lipinski definition) is 2. The van der Waals surface area contributed by atoms with Gasteiger partial charge < -0.3 is 5.73 Å². The van der Waals surface area contributed by atoms with Crippen LogP contribution in [0.5, 0.6) is 0 Å². The van der Waals surface area contributed by atoms with E-state index in [4.69, 9.17) is 5.73 Å². The molecule has 0 aliphatic rings. The smallest absolute Gasteiger partial charge is 0.322 e. The van der Waals surface area contributed by atoms with E-state index >= 15 is 0 Å². The van der Waals surface area contributed by atoms with Crippen molar-refractivity contribution in [2.24, 2.45) is 5.73 Å². The van der Waals surface area contributed by atoms with Gasteiger partial charge in [0.05, 0.1) is 0 Å². The van der Waals surface area contributed by atoms with Gasteiger partial charge in [0.25, 0.3) is 0 Å². The number of primary amides is 1. The molecule has 3 N–H and O–H groups in total. The number of urea groups is 1. The van der Waals surface area contributed by atoms with E-state index in [0.717, 1.165) is 15.7 Å². The maximum Gasteiger partial charge on any atom is 0.322 e. The molecule has 0 aliphatic heterocycles. The van der Waals surface area contributed by atoms with Crippen molar-refractivity contribution >= 4 is 28.8 Å². The van der Waals surface area contributed by atoms with E-state index in [9.17, 15) is 4.79 Å². The molecule has 2 aromatic rings. The molecule has 0 radical (unpaired) electrons. The van der Waals surface area contributed by atoms with Gasteiger partial charge in [0.2, 0.25) is 0 Å². The number of nitrogens with two attached hydrogens (primary N) is 1. The number of nitrogens with one attached hydrogen (secondary N) is 1. The molecule has 0 fully saturated rings. The summed E-state index contributed by atoms with van der Waals surface area (Å²) in [4.78, 5) is 11.6. The second kappa shape index (κ2) is 4.23. The van der Waals surface area contributed by atoms with Crippen molar-refractivity contribution < 1.29 is 4.79 Å². The van der Waals surface area contributed by atoms with Crippen LogP contribution in [-0.4, -0.2) is 6.03 Å². The van der Waals surface area contributed by atoms with Gasteiger partial charge in [-0.3, -0.25) is 4.72 Å². The van der Waals surface area contributed by atoms with Crippen LogP contribution in [0.15, 0.2) is 47.4 Å². The average Bonchev–Trinajstić information content (AvgIpc) is 2.26. The number of carbonyl (C=O) groups excluding carboxylic acids is 1. The zero-order valence-corrected chi connectivity index (χ0v) is 8.75. The van der Waals surface area contributed by atoms with Crippen LogP contribution < -0.4 is 10.5 Å². The van der Waals surface area contributed by atoms with Crippen molar-refractivity contribution in [1.82, 2.24) is 4.72 Å². The molecule has 0 atom stereocenters. The Labute approximate surface area is 91.8 Å². The van der Waals surface area contributed by atoms with Crippen molar-refractivity contribution in [3.8, 4) is 0 Å². The predicted molar refractivity (Wildman–Crippen MR) is 62.5 cm³/mol. The Morgan fingerprint density at radius 3 is 2.67 bits per heavy atom. The highest BCUT2D eigenvalue weighted by molar-refractivity contribution is 7.98. The summed E-state index contributed by atoms with van der Waals surface area (Å²) in [7, 11) is 0. The lowest BCUT2D eigenvalue weighted by atomic mass is 10.1. The first-order valence-electron chi connectivity index (χ1n) is 4.47. The molecule has 0 spiro atoms. The van der Waals surface area contributed by atoms with E-state index in [1.54, 1.807) is 0 Å². The maximum atomic E-state index is 10.6. The molecule has 76 valence electrons. The number of hydrogen-bond acceptors (Lipinski definition) is 2. The third-order valence-corrected chi connectivity index (χ3v) is 2.89. The third-order valence-electron chi connectivity index (χ3n) is 2.01. The summed E-state index contributed by atoms with van der Waals surface area (Å²) >= 11 is 1.23. The largest absolute Gasteiger partial charge is 0.351 e. The molecular weight excluding hydrogens is 208 g/mol.